The molecule has 13 heteroatoms. The van der Waals surface area contributed by atoms with Crippen molar-refractivity contribution >= 4 is 41.7 Å². The molecule has 6 rings (SSSR count). The third-order valence-corrected chi connectivity index (χ3v) is 6.82. The van der Waals surface area contributed by atoms with E-state index < -0.39 is 53.0 Å². The Balaban J connectivity index is 1.60. The number of nitrogens with one attached hydrogen (secondary N) is 3. The number of fused-ring (bicyclic) bond motifs is 7. The molecule has 1 saturated carbocycles. The molecule has 2 fully saturated rings. The Morgan fingerprint density at radius 1 is 1.09 bits per heavy atom. The summed E-state index contributed by atoms with van der Waals surface area (Å²) in [6.07, 6.45) is 1.33. The summed E-state index contributed by atoms with van der Waals surface area (Å²) < 4.78 is 17.7. The first-order valence-corrected chi connectivity index (χ1v) is 10.2. The lowest BCUT2D eigenvalue weighted by atomic mass is 9.56. The number of benzene rings is 1. The molecule has 0 spiro atoms. The lowest BCUT2D eigenvalue weighted by molar-refractivity contribution is -0.155. The molecule has 4 atom stereocenters. The van der Waals surface area contributed by atoms with Crippen molar-refractivity contribution in [3.63, 3.8) is 0 Å². The molecule has 1 aromatic carbocycles. The van der Waals surface area contributed by atoms with Crippen molar-refractivity contribution in [2.24, 2.45) is 11.8 Å². The minimum absolute atomic E-state index is 0.120. The predicted molar refractivity (Wildman–Crippen MR) is 113 cm³/mol. The minimum Gasteiger partial charge on any atom is -0.490 e. The highest BCUT2D eigenvalue weighted by Crippen LogP contribution is 2.58. The molecule has 3 aromatic rings. The van der Waals surface area contributed by atoms with Crippen molar-refractivity contribution < 1.29 is 28.3 Å². The van der Waals surface area contributed by atoms with Crippen molar-refractivity contribution in [2.75, 3.05) is 7.11 Å². The molecule has 2 aromatic heterocycles. The molecule has 3 N–H and O–H groups in total. The van der Waals surface area contributed by atoms with E-state index in [0.29, 0.717) is 16.5 Å². The van der Waals surface area contributed by atoms with Gasteiger partial charge in [-0.15, -0.1) is 0 Å². The number of carbonyl (C=O) groups excluding carboxylic acids is 3. The van der Waals surface area contributed by atoms with Gasteiger partial charge < -0.3 is 19.2 Å². The van der Waals surface area contributed by atoms with Crippen LogP contribution in [0.4, 0.5) is 4.79 Å². The van der Waals surface area contributed by atoms with Crippen LogP contribution in [-0.2, 0) is 9.59 Å². The number of methoxy groups -OCH3 is 1. The number of rotatable bonds is 2. The highest BCUT2D eigenvalue weighted by Gasteiger charge is 2.64. The number of urea groups is 1. The van der Waals surface area contributed by atoms with E-state index in [1.807, 2.05) is 0 Å². The molecule has 1 saturated heterocycles. The molecular formula is C20H14N4O8S. The van der Waals surface area contributed by atoms with Crippen LogP contribution in [0.15, 0.2) is 32.4 Å². The minimum atomic E-state index is -0.752. The van der Waals surface area contributed by atoms with E-state index in [2.05, 4.69) is 28.4 Å². The molecule has 0 radical (unpaired) electrons. The van der Waals surface area contributed by atoms with Crippen LogP contribution in [0.25, 0.3) is 22.2 Å². The monoisotopic (exact) mass is 470 g/mol. The van der Waals surface area contributed by atoms with Gasteiger partial charge in [-0.1, -0.05) is 12.8 Å². The molecule has 33 heavy (non-hydrogen) atoms. The van der Waals surface area contributed by atoms with Crippen LogP contribution in [0.1, 0.15) is 11.5 Å². The number of aromatic amines is 1. The topological polar surface area (TPSA) is 162 Å². The first-order valence-electron chi connectivity index (χ1n) is 9.81. The van der Waals surface area contributed by atoms with Crippen LogP contribution in [0.3, 0.4) is 0 Å². The van der Waals surface area contributed by atoms with Crippen LogP contribution in [0.5, 0.6) is 11.5 Å². The maximum atomic E-state index is 12.8. The first-order chi connectivity index (χ1) is 15.8. The number of esters is 1. The van der Waals surface area contributed by atoms with E-state index in [1.165, 1.54) is 19.4 Å². The van der Waals surface area contributed by atoms with E-state index in [4.69, 9.17) is 13.9 Å². The second kappa shape index (κ2) is 6.51. The van der Waals surface area contributed by atoms with Crippen LogP contribution < -0.4 is 31.4 Å². The van der Waals surface area contributed by atoms with Gasteiger partial charge in [0, 0.05) is 28.5 Å². The summed E-state index contributed by atoms with van der Waals surface area (Å²) in [6, 6.07) is 1.52. The van der Waals surface area contributed by atoms with Gasteiger partial charge in [-0.25, -0.2) is 13.6 Å². The zero-order valence-electron chi connectivity index (χ0n) is 16.7. The molecular weight excluding hydrogens is 456 g/mol. The van der Waals surface area contributed by atoms with Crippen molar-refractivity contribution in [3.8, 4) is 22.8 Å². The number of carbonyl (C=O) groups is 3. The highest BCUT2D eigenvalue weighted by atomic mass is 32.1. The van der Waals surface area contributed by atoms with Gasteiger partial charge in [0.25, 0.3) is 5.56 Å². The quantitative estimate of drug-likeness (QED) is 0.233. The molecule has 3 amide bonds. The fourth-order valence-electron chi connectivity index (χ4n) is 5.04. The van der Waals surface area contributed by atoms with Gasteiger partial charge in [-0.05, 0) is 6.07 Å². The van der Waals surface area contributed by atoms with Gasteiger partial charge in [0.2, 0.25) is 11.7 Å². The van der Waals surface area contributed by atoms with Crippen molar-refractivity contribution in [1.82, 2.24) is 19.6 Å². The van der Waals surface area contributed by atoms with Gasteiger partial charge in [0.1, 0.15) is 6.26 Å². The second-order valence-electron chi connectivity index (χ2n) is 7.98. The number of furan rings is 1. The molecule has 1 aliphatic carbocycles. The Morgan fingerprint density at radius 2 is 1.88 bits per heavy atom. The van der Waals surface area contributed by atoms with Gasteiger partial charge in [0.15, 0.2) is 11.3 Å². The van der Waals surface area contributed by atoms with Crippen LogP contribution in [-0.4, -0.2) is 40.0 Å². The number of amides is 3. The maximum Gasteiger partial charge on any atom is 0.338 e. The van der Waals surface area contributed by atoms with Crippen LogP contribution >= 0.6 is 12.8 Å². The fourth-order valence-corrected chi connectivity index (χ4v) is 5.26. The average Bonchev–Trinajstić information content (AvgIpc) is 3.15. The average molecular weight is 470 g/mol. The number of aromatic nitrogens is 2. The first kappa shape index (κ1) is 19.7. The van der Waals surface area contributed by atoms with Gasteiger partial charge >= 0.3 is 17.7 Å². The summed E-state index contributed by atoms with van der Waals surface area (Å²) in [7, 11) is 1.37. The molecule has 3 aliphatic rings. The largest absolute Gasteiger partial charge is 0.490 e. The molecule has 168 valence electrons. The number of hydrogen-bond donors (Lipinski definition) is 4. The normalized spacial score (nSPS) is 25.2. The molecule has 0 bridgehead atoms. The lowest BCUT2D eigenvalue weighted by Gasteiger charge is -2.53. The number of hydrogen-bond acceptors (Lipinski definition) is 9. The zero-order chi connectivity index (χ0) is 23.2. The van der Waals surface area contributed by atoms with E-state index in [-0.39, 0.29) is 22.8 Å². The summed E-state index contributed by atoms with van der Waals surface area (Å²) in [6.45, 7) is 0. The standard InChI is InChI=1S/C20H14N4O8S/c1-30-16-14-5(7(4-31-14)8-3-9(25)21-20(29)24(8)33)2-6-10-11-13(22-19(28)23-17(11)26)12(10)18(27)32-15(6)16/h2-4,10-13,33H,1H3,(H,21,25,29)(H2,22,23,26,28). The summed E-state index contributed by atoms with van der Waals surface area (Å²) >= 11 is 4.15. The zero-order valence-corrected chi connectivity index (χ0v) is 17.6. The summed E-state index contributed by atoms with van der Waals surface area (Å²) in [5.74, 6) is -2.85. The van der Waals surface area contributed by atoms with Crippen LogP contribution in [0.2, 0.25) is 0 Å². The van der Waals surface area contributed by atoms with Crippen molar-refractivity contribution in [1.29, 1.82) is 0 Å². The Bertz CT molecular complexity index is 1540. The summed E-state index contributed by atoms with van der Waals surface area (Å²) in [4.78, 5) is 63.1. The molecule has 12 nitrogen and oxygen atoms in total. The van der Waals surface area contributed by atoms with Crippen molar-refractivity contribution in [3.05, 3.63) is 44.8 Å². The molecule has 2 aliphatic heterocycles. The summed E-state index contributed by atoms with van der Waals surface area (Å²) in [5, 5.41) is 5.30. The number of ether oxygens (including phenoxy) is 2. The smallest absolute Gasteiger partial charge is 0.338 e. The second-order valence-corrected chi connectivity index (χ2v) is 8.38. The third kappa shape index (κ3) is 2.50. The van der Waals surface area contributed by atoms with E-state index >= 15 is 0 Å². The fraction of sp³-hybridized carbons (Fsp3) is 0.250. The van der Waals surface area contributed by atoms with Crippen LogP contribution in [0, 0.1) is 11.8 Å². The van der Waals surface area contributed by atoms with E-state index in [9.17, 15) is 24.0 Å². The number of thiol groups is 1. The molecule has 4 unspecified atom stereocenters. The SMILES string of the molecule is COc1c2c(cc3c(-c4cc(=O)[nH]c(=O)n4S)coc13)C1C3C(=O)NC(=O)NC3C1C(=O)O2. The van der Waals surface area contributed by atoms with E-state index in [0.717, 1.165) is 3.97 Å². The number of nitrogens with zero attached hydrogens (tertiary/aromatic N) is 1. The Morgan fingerprint density at radius 3 is 2.64 bits per heavy atom. The Kier molecular flexibility index (Phi) is 3.88. The maximum absolute atomic E-state index is 12.8. The Hall–Kier alpha value is -4.00. The third-order valence-electron chi connectivity index (χ3n) is 6.42. The highest BCUT2D eigenvalue weighted by molar-refractivity contribution is 7.78. The van der Waals surface area contributed by atoms with E-state index in [1.54, 1.807) is 6.07 Å². The number of H-pyrrole nitrogens is 1. The van der Waals surface area contributed by atoms with Crippen molar-refractivity contribution in [2.45, 2.75) is 12.0 Å². The lowest BCUT2D eigenvalue weighted by Crippen LogP contribution is -2.72. The molecule has 4 heterocycles. The predicted octanol–water partition coefficient (Wildman–Crippen LogP) is 0.108. The summed E-state index contributed by atoms with van der Waals surface area (Å²) in [5.41, 5.74) is -0.0789. The van der Waals surface area contributed by atoms with Gasteiger partial charge in [-0.3, -0.25) is 24.7 Å². The van der Waals surface area contributed by atoms with Gasteiger partial charge in [-0.2, -0.15) is 0 Å². The Labute approximate surface area is 188 Å². The number of imide groups is 1. The van der Waals surface area contributed by atoms with Gasteiger partial charge in [0.05, 0.1) is 30.7 Å².